The maximum atomic E-state index is 14.1. The minimum Gasteiger partial charge on any atom is -0.460 e. The average molecular weight is 378 g/mol. The first-order chi connectivity index (χ1) is 12.7. The summed E-state index contributed by atoms with van der Waals surface area (Å²) in [6.45, 7) is 9.30. The number of nitrogen functional groups attached to an aromatic ring is 1. The molecule has 0 amide bonds. The summed E-state index contributed by atoms with van der Waals surface area (Å²) in [4.78, 5) is 16.9. The molecular formula is C21H32FN3O2. The quantitative estimate of drug-likeness (QED) is 0.646. The molecule has 2 aliphatic heterocycles. The fourth-order valence-corrected chi connectivity index (χ4v) is 4.14. The summed E-state index contributed by atoms with van der Waals surface area (Å²) in [5.41, 5.74) is 6.33. The van der Waals surface area contributed by atoms with Crippen molar-refractivity contribution in [2.75, 3.05) is 36.8 Å². The van der Waals surface area contributed by atoms with Gasteiger partial charge in [0, 0.05) is 24.8 Å². The number of benzene rings is 1. The minimum atomic E-state index is -0.418. The number of esters is 1. The molecule has 0 aliphatic carbocycles. The molecule has 3 rings (SSSR count). The van der Waals surface area contributed by atoms with Gasteiger partial charge in [0.1, 0.15) is 11.4 Å². The van der Waals surface area contributed by atoms with Crippen molar-refractivity contribution < 1.29 is 13.9 Å². The Labute approximate surface area is 161 Å². The summed E-state index contributed by atoms with van der Waals surface area (Å²) in [7, 11) is 0. The number of hydrogen-bond acceptors (Lipinski definition) is 5. The zero-order valence-electron chi connectivity index (χ0n) is 16.7. The topological polar surface area (TPSA) is 58.8 Å². The van der Waals surface area contributed by atoms with Crippen LogP contribution in [0.3, 0.4) is 0 Å². The van der Waals surface area contributed by atoms with Crippen molar-refractivity contribution in [1.29, 1.82) is 0 Å². The molecule has 0 saturated carbocycles. The number of halogens is 1. The second-order valence-electron chi connectivity index (χ2n) is 8.77. The average Bonchev–Trinajstić information content (AvgIpc) is 2.61. The van der Waals surface area contributed by atoms with E-state index in [9.17, 15) is 9.18 Å². The van der Waals surface area contributed by atoms with Gasteiger partial charge < -0.3 is 20.3 Å². The van der Waals surface area contributed by atoms with Gasteiger partial charge in [-0.15, -0.1) is 0 Å². The van der Waals surface area contributed by atoms with Gasteiger partial charge in [-0.25, -0.2) is 4.39 Å². The summed E-state index contributed by atoms with van der Waals surface area (Å²) in [5.74, 6) is -0.285. The number of carbonyl (C=O) groups is 1. The molecule has 27 heavy (non-hydrogen) atoms. The van der Waals surface area contributed by atoms with E-state index in [2.05, 4.69) is 9.80 Å². The maximum Gasteiger partial charge on any atom is 0.309 e. The van der Waals surface area contributed by atoms with Crippen LogP contribution in [-0.2, 0) is 9.53 Å². The normalized spacial score (nSPS) is 20.7. The number of ether oxygens (including phenoxy) is 1. The van der Waals surface area contributed by atoms with Crippen LogP contribution in [0.4, 0.5) is 15.8 Å². The fourth-order valence-electron chi connectivity index (χ4n) is 4.14. The molecule has 0 spiro atoms. The first kappa shape index (κ1) is 19.9. The zero-order chi connectivity index (χ0) is 19.6. The van der Waals surface area contributed by atoms with Crippen molar-refractivity contribution in [3.05, 3.63) is 24.0 Å². The lowest BCUT2D eigenvalue weighted by molar-refractivity contribution is -0.161. The molecular weight excluding hydrogens is 345 g/mol. The molecule has 2 aliphatic rings. The lowest BCUT2D eigenvalue weighted by Crippen LogP contribution is -2.49. The Morgan fingerprint density at radius 2 is 1.74 bits per heavy atom. The molecule has 0 bridgehead atoms. The molecule has 6 heteroatoms. The highest BCUT2D eigenvalue weighted by molar-refractivity contribution is 5.73. The van der Waals surface area contributed by atoms with Gasteiger partial charge in [-0.3, -0.25) is 4.79 Å². The molecule has 150 valence electrons. The van der Waals surface area contributed by atoms with E-state index >= 15 is 0 Å². The Kier molecular flexibility index (Phi) is 5.94. The third-order valence-corrected chi connectivity index (χ3v) is 5.56. The van der Waals surface area contributed by atoms with Crippen LogP contribution in [0.2, 0.25) is 0 Å². The lowest BCUT2D eigenvalue weighted by atomic mass is 9.93. The van der Waals surface area contributed by atoms with E-state index in [1.54, 1.807) is 12.1 Å². The van der Waals surface area contributed by atoms with Crippen LogP contribution >= 0.6 is 0 Å². The number of piperidine rings is 2. The summed E-state index contributed by atoms with van der Waals surface area (Å²) >= 11 is 0. The smallest absolute Gasteiger partial charge is 0.309 e. The predicted octanol–water partition coefficient (Wildman–Crippen LogP) is 3.43. The summed E-state index contributed by atoms with van der Waals surface area (Å²) in [5, 5.41) is 0. The highest BCUT2D eigenvalue weighted by Gasteiger charge is 2.33. The largest absolute Gasteiger partial charge is 0.460 e. The van der Waals surface area contributed by atoms with E-state index in [0.29, 0.717) is 17.4 Å². The Morgan fingerprint density at radius 3 is 2.30 bits per heavy atom. The van der Waals surface area contributed by atoms with Crippen molar-refractivity contribution in [3.8, 4) is 0 Å². The molecule has 2 saturated heterocycles. The van der Waals surface area contributed by atoms with Crippen LogP contribution in [0.25, 0.3) is 0 Å². The monoisotopic (exact) mass is 377 g/mol. The van der Waals surface area contributed by atoms with Crippen molar-refractivity contribution in [2.45, 2.75) is 58.1 Å². The molecule has 2 fully saturated rings. The van der Waals surface area contributed by atoms with Gasteiger partial charge in [0.05, 0.1) is 11.6 Å². The van der Waals surface area contributed by atoms with Gasteiger partial charge in [0.15, 0.2) is 0 Å². The Morgan fingerprint density at radius 1 is 1.11 bits per heavy atom. The van der Waals surface area contributed by atoms with Gasteiger partial charge >= 0.3 is 5.97 Å². The molecule has 0 radical (unpaired) electrons. The van der Waals surface area contributed by atoms with Gasteiger partial charge in [-0.2, -0.15) is 0 Å². The van der Waals surface area contributed by atoms with Crippen LogP contribution in [0.5, 0.6) is 0 Å². The van der Waals surface area contributed by atoms with E-state index in [1.165, 1.54) is 6.07 Å². The predicted molar refractivity (Wildman–Crippen MR) is 106 cm³/mol. The summed E-state index contributed by atoms with van der Waals surface area (Å²) in [6.07, 6.45) is 3.76. The van der Waals surface area contributed by atoms with Gasteiger partial charge in [0.25, 0.3) is 0 Å². The first-order valence-electron chi connectivity index (χ1n) is 10.00. The molecule has 1 aromatic rings. The summed E-state index contributed by atoms with van der Waals surface area (Å²) in [6, 6.07) is 5.43. The number of anilines is 2. The minimum absolute atomic E-state index is 0.0180. The van der Waals surface area contributed by atoms with Crippen molar-refractivity contribution in [1.82, 2.24) is 4.90 Å². The molecule has 1 aromatic carbocycles. The Hall–Kier alpha value is -1.82. The molecule has 0 aromatic heterocycles. The second-order valence-corrected chi connectivity index (χ2v) is 8.77. The maximum absolute atomic E-state index is 14.1. The number of nitrogens with two attached hydrogens (primary N) is 1. The number of likely N-dealkylation sites (tertiary alicyclic amines) is 1. The highest BCUT2D eigenvalue weighted by atomic mass is 19.1. The van der Waals surface area contributed by atoms with Gasteiger partial charge in [0.2, 0.25) is 0 Å². The molecule has 2 N–H and O–H groups in total. The standard InChI is InChI=1S/C21H32FN3O2/c1-21(2,3)27-20(26)15-6-10-24(11-7-15)17-8-12-25(13-9-17)19-5-4-16(23)14-18(19)22/h4-5,14-15,17H,6-13,23H2,1-3H3. The van der Waals surface area contributed by atoms with Crippen molar-refractivity contribution in [2.24, 2.45) is 5.92 Å². The Bertz CT molecular complexity index is 658. The third-order valence-electron chi connectivity index (χ3n) is 5.56. The van der Waals surface area contributed by atoms with Crippen LogP contribution in [0.1, 0.15) is 46.5 Å². The van der Waals surface area contributed by atoms with Gasteiger partial charge in [-0.1, -0.05) is 0 Å². The molecule has 0 atom stereocenters. The molecule has 0 unspecified atom stereocenters. The number of carbonyl (C=O) groups excluding carboxylic acids is 1. The SMILES string of the molecule is CC(C)(C)OC(=O)C1CCN(C2CCN(c3ccc(N)cc3F)CC2)CC1. The lowest BCUT2D eigenvalue weighted by Gasteiger charge is -2.42. The summed E-state index contributed by atoms with van der Waals surface area (Å²) < 4.78 is 19.7. The molecule has 2 heterocycles. The van der Waals surface area contributed by atoms with Crippen molar-refractivity contribution in [3.63, 3.8) is 0 Å². The zero-order valence-corrected chi connectivity index (χ0v) is 16.7. The Balaban J connectivity index is 1.48. The number of nitrogens with zero attached hydrogens (tertiary/aromatic N) is 2. The van der Waals surface area contributed by atoms with Gasteiger partial charge in [-0.05, 0) is 77.7 Å². The van der Waals surface area contributed by atoms with E-state index in [1.807, 2.05) is 20.8 Å². The van der Waals surface area contributed by atoms with E-state index in [4.69, 9.17) is 10.5 Å². The first-order valence-corrected chi connectivity index (χ1v) is 10.00. The van der Waals surface area contributed by atoms with E-state index < -0.39 is 5.60 Å². The third kappa shape index (κ3) is 5.12. The fraction of sp³-hybridized carbons (Fsp3) is 0.667. The number of hydrogen-bond donors (Lipinski definition) is 1. The van der Waals surface area contributed by atoms with Crippen LogP contribution in [0, 0.1) is 11.7 Å². The van der Waals surface area contributed by atoms with E-state index in [-0.39, 0.29) is 17.7 Å². The molecule has 5 nitrogen and oxygen atoms in total. The van der Waals surface area contributed by atoms with Crippen LogP contribution in [-0.4, -0.2) is 48.7 Å². The van der Waals surface area contributed by atoms with E-state index in [0.717, 1.165) is 51.9 Å². The van der Waals surface area contributed by atoms with Crippen LogP contribution in [0.15, 0.2) is 18.2 Å². The highest BCUT2D eigenvalue weighted by Crippen LogP contribution is 2.29. The second kappa shape index (κ2) is 8.05. The number of rotatable bonds is 3. The van der Waals surface area contributed by atoms with Crippen molar-refractivity contribution >= 4 is 17.3 Å². The van der Waals surface area contributed by atoms with Crippen LogP contribution < -0.4 is 10.6 Å².